The topological polar surface area (TPSA) is 37.0 Å². The Morgan fingerprint density at radius 2 is 2.53 bits per heavy atom. The van der Waals surface area contributed by atoms with Crippen LogP contribution in [0.3, 0.4) is 0 Å². The Morgan fingerprint density at radius 1 is 1.60 bits per heavy atom. The second-order valence-electron chi connectivity index (χ2n) is 4.13. The van der Waals surface area contributed by atoms with Crippen LogP contribution in [0.25, 0.3) is 0 Å². The van der Waals surface area contributed by atoms with Gasteiger partial charge < -0.3 is 10.6 Å². The molecule has 2 heterocycles. The zero-order chi connectivity index (χ0) is 10.5. The maximum Gasteiger partial charge on any atom is 0.0421 e. The molecule has 1 unspecified atom stereocenters. The van der Waals surface area contributed by atoms with E-state index < -0.39 is 0 Å². The summed E-state index contributed by atoms with van der Waals surface area (Å²) in [5.41, 5.74) is 2.36. The molecular weight excluding hydrogens is 186 g/mol. The van der Waals surface area contributed by atoms with E-state index in [0.29, 0.717) is 0 Å². The summed E-state index contributed by atoms with van der Waals surface area (Å²) < 4.78 is 0. The lowest BCUT2D eigenvalue weighted by Crippen LogP contribution is -2.17. The van der Waals surface area contributed by atoms with Crippen LogP contribution in [0.2, 0.25) is 0 Å². The number of hydrogen-bond donors (Lipinski definition) is 2. The SMILES string of the molecule is CCc1cc(NCC2CCNC2)ccn1. The highest BCUT2D eigenvalue weighted by molar-refractivity contribution is 5.43. The van der Waals surface area contributed by atoms with Gasteiger partial charge in [-0.1, -0.05) is 6.92 Å². The molecule has 0 saturated carbocycles. The number of pyridine rings is 1. The number of aryl methyl sites for hydroxylation is 1. The van der Waals surface area contributed by atoms with Gasteiger partial charge in [0.15, 0.2) is 0 Å². The van der Waals surface area contributed by atoms with Gasteiger partial charge in [-0.2, -0.15) is 0 Å². The lowest BCUT2D eigenvalue weighted by molar-refractivity contribution is 0.615. The molecule has 1 aromatic heterocycles. The summed E-state index contributed by atoms with van der Waals surface area (Å²) in [4.78, 5) is 4.29. The van der Waals surface area contributed by atoms with Gasteiger partial charge in [0.05, 0.1) is 0 Å². The van der Waals surface area contributed by atoms with Gasteiger partial charge in [-0.3, -0.25) is 4.98 Å². The van der Waals surface area contributed by atoms with Crippen molar-refractivity contribution in [1.82, 2.24) is 10.3 Å². The summed E-state index contributed by atoms with van der Waals surface area (Å²) in [5.74, 6) is 0.781. The molecule has 0 aliphatic carbocycles. The Labute approximate surface area is 91.3 Å². The normalized spacial score (nSPS) is 20.5. The van der Waals surface area contributed by atoms with Gasteiger partial charge in [-0.25, -0.2) is 0 Å². The molecule has 15 heavy (non-hydrogen) atoms. The van der Waals surface area contributed by atoms with Crippen molar-refractivity contribution in [3.05, 3.63) is 24.0 Å². The van der Waals surface area contributed by atoms with E-state index in [1.807, 2.05) is 12.3 Å². The van der Waals surface area contributed by atoms with E-state index in [4.69, 9.17) is 0 Å². The Kier molecular flexibility index (Phi) is 3.56. The molecule has 0 amide bonds. The van der Waals surface area contributed by atoms with Crippen LogP contribution in [0.1, 0.15) is 19.0 Å². The zero-order valence-electron chi connectivity index (χ0n) is 9.29. The number of hydrogen-bond acceptors (Lipinski definition) is 3. The Morgan fingerprint density at radius 3 is 3.27 bits per heavy atom. The highest BCUT2D eigenvalue weighted by Gasteiger charge is 2.13. The number of aromatic nitrogens is 1. The van der Waals surface area contributed by atoms with Crippen molar-refractivity contribution in [3.63, 3.8) is 0 Å². The third-order valence-electron chi connectivity index (χ3n) is 2.94. The summed E-state index contributed by atoms with van der Waals surface area (Å²) in [7, 11) is 0. The van der Waals surface area contributed by atoms with Gasteiger partial charge >= 0.3 is 0 Å². The van der Waals surface area contributed by atoms with Crippen molar-refractivity contribution in [3.8, 4) is 0 Å². The van der Waals surface area contributed by atoms with E-state index in [1.54, 1.807) is 0 Å². The quantitative estimate of drug-likeness (QED) is 0.785. The van der Waals surface area contributed by atoms with Gasteiger partial charge in [-0.05, 0) is 44.0 Å². The van der Waals surface area contributed by atoms with E-state index in [-0.39, 0.29) is 0 Å². The Hall–Kier alpha value is -1.09. The minimum absolute atomic E-state index is 0.781. The number of rotatable bonds is 4. The van der Waals surface area contributed by atoms with Crippen molar-refractivity contribution in [2.45, 2.75) is 19.8 Å². The standard InChI is InChI=1S/C12H19N3/c1-2-11-7-12(4-6-14-11)15-9-10-3-5-13-8-10/h4,6-7,10,13H,2-3,5,8-9H2,1H3,(H,14,15). The van der Waals surface area contributed by atoms with Crippen molar-refractivity contribution in [2.24, 2.45) is 5.92 Å². The van der Waals surface area contributed by atoms with Gasteiger partial charge in [0.1, 0.15) is 0 Å². The second kappa shape index (κ2) is 5.12. The van der Waals surface area contributed by atoms with Crippen LogP contribution in [0.5, 0.6) is 0 Å². The summed E-state index contributed by atoms with van der Waals surface area (Å²) >= 11 is 0. The van der Waals surface area contributed by atoms with E-state index in [9.17, 15) is 0 Å². The van der Waals surface area contributed by atoms with Gasteiger partial charge in [0.25, 0.3) is 0 Å². The molecule has 0 bridgehead atoms. The predicted molar refractivity (Wildman–Crippen MR) is 63.1 cm³/mol. The molecule has 2 rings (SSSR count). The summed E-state index contributed by atoms with van der Waals surface area (Å²) in [6.07, 6.45) is 4.17. The van der Waals surface area contributed by atoms with Gasteiger partial charge in [0, 0.05) is 24.1 Å². The molecule has 1 saturated heterocycles. The minimum atomic E-state index is 0.781. The third-order valence-corrected chi connectivity index (χ3v) is 2.94. The van der Waals surface area contributed by atoms with Gasteiger partial charge in [0.2, 0.25) is 0 Å². The monoisotopic (exact) mass is 205 g/mol. The predicted octanol–water partition coefficient (Wildman–Crippen LogP) is 1.67. The van der Waals surface area contributed by atoms with Crippen LogP contribution in [0.15, 0.2) is 18.3 Å². The van der Waals surface area contributed by atoms with E-state index in [0.717, 1.165) is 31.1 Å². The van der Waals surface area contributed by atoms with E-state index in [2.05, 4.69) is 28.6 Å². The van der Waals surface area contributed by atoms with Crippen molar-refractivity contribution in [2.75, 3.05) is 25.0 Å². The Balaban J connectivity index is 1.86. The molecule has 82 valence electrons. The maximum absolute atomic E-state index is 4.29. The van der Waals surface area contributed by atoms with Crippen LogP contribution in [-0.2, 0) is 6.42 Å². The van der Waals surface area contributed by atoms with E-state index in [1.165, 1.54) is 18.7 Å². The molecule has 0 spiro atoms. The molecule has 2 N–H and O–H groups in total. The molecule has 1 aliphatic rings. The van der Waals surface area contributed by atoms with Crippen LogP contribution < -0.4 is 10.6 Å². The first-order valence-electron chi connectivity index (χ1n) is 5.78. The molecule has 3 heteroatoms. The van der Waals surface area contributed by atoms with Gasteiger partial charge in [-0.15, -0.1) is 0 Å². The molecule has 1 atom stereocenters. The highest BCUT2D eigenvalue weighted by atomic mass is 14.9. The lowest BCUT2D eigenvalue weighted by Gasteiger charge is -2.11. The van der Waals surface area contributed by atoms with Crippen LogP contribution in [-0.4, -0.2) is 24.6 Å². The van der Waals surface area contributed by atoms with Crippen molar-refractivity contribution < 1.29 is 0 Å². The molecule has 3 nitrogen and oxygen atoms in total. The minimum Gasteiger partial charge on any atom is -0.385 e. The van der Waals surface area contributed by atoms with Crippen molar-refractivity contribution >= 4 is 5.69 Å². The summed E-state index contributed by atoms with van der Waals surface area (Å²) in [6, 6.07) is 4.18. The first-order valence-corrected chi connectivity index (χ1v) is 5.78. The number of anilines is 1. The molecule has 0 aromatic carbocycles. The van der Waals surface area contributed by atoms with E-state index >= 15 is 0 Å². The first-order chi connectivity index (χ1) is 7.38. The molecule has 1 aliphatic heterocycles. The number of nitrogens with zero attached hydrogens (tertiary/aromatic N) is 1. The average molecular weight is 205 g/mol. The van der Waals surface area contributed by atoms with Crippen LogP contribution >= 0.6 is 0 Å². The molecule has 1 aromatic rings. The van der Waals surface area contributed by atoms with Crippen LogP contribution in [0, 0.1) is 5.92 Å². The summed E-state index contributed by atoms with van der Waals surface area (Å²) in [6.45, 7) is 5.52. The largest absolute Gasteiger partial charge is 0.385 e. The van der Waals surface area contributed by atoms with Crippen LogP contribution in [0.4, 0.5) is 5.69 Å². The molecule has 0 radical (unpaired) electrons. The molecular formula is C12H19N3. The highest BCUT2D eigenvalue weighted by Crippen LogP contribution is 2.12. The average Bonchev–Trinajstić information content (AvgIpc) is 2.79. The number of nitrogens with one attached hydrogen (secondary N) is 2. The second-order valence-corrected chi connectivity index (χ2v) is 4.13. The first kappa shape index (κ1) is 10.4. The smallest absolute Gasteiger partial charge is 0.0421 e. The fourth-order valence-corrected chi connectivity index (χ4v) is 1.93. The summed E-state index contributed by atoms with van der Waals surface area (Å²) in [5, 5.41) is 6.86. The molecule has 1 fully saturated rings. The zero-order valence-corrected chi connectivity index (χ0v) is 9.29. The fraction of sp³-hybridized carbons (Fsp3) is 0.583. The Bertz CT molecular complexity index is 305. The fourth-order valence-electron chi connectivity index (χ4n) is 1.93. The third kappa shape index (κ3) is 2.93. The van der Waals surface area contributed by atoms with Crippen molar-refractivity contribution in [1.29, 1.82) is 0 Å². The lowest BCUT2D eigenvalue weighted by atomic mass is 10.1. The maximum atomic E-state index is 4.29.